The summed E-state index contributed by atoms with van der Waals surface area (Å²) in [7, 11) is 0. The van der Waals surface area contributed by atoms with E-state index in [0.717, 1.165) is 27.1 Å². The minimum atomic E-state index is 0.588. The van der Waals surface area contributed by atoms with Crippen LogP contribution in [0.5, 0.6) is 11.5 Å². The lowest BCUT2D eigenvalue weighted by Gasteiger charge is -2.11. The minimum absolute atomic E-state index is 0.588. The van der Waals surface area contributed by atoms with Crippen molar-refractivity contribution in [3.63, 3.8) is 0 Å². The van der Waals surface area contributed by atoms with Gasteiger partial charge in [-0.3, -0.25) is 0 Å². The molecule has 0 aliphatic carbocycles. The molecular weight excluding hydrogens is 361 g/mol. The van der Waals surface area contributed by atoms with Crippen LogP contribution in [-0.4, -0.2) is 6.54 Å². The van der Waals surface area contributed by atoms with Crippen molar-refractivity contribution in [3.8, 4) is 11.5 Å². The molecule has 0 saturated carbocycles. The van der Waals surface area contributed by atoms with E-state index in [1.165, 1.54) is 0 Å². The molecule has 0 atom stereocenters. The van der Waals surface area contributed by atoms with Crippen molar-refractivity contribution in [2.45, 2.75) is 6.42 Å². The van der Waals surface area contributed by atoms with Crippen molar-refractivity contribution in [1.82, 2.24) is 0 Å². The molecule has 18 heavy (non-hydrogen) atoms. The van der Waals surface area contributed by atoms with Gasteiger partial charge in [0.1, 0.15) is 11.5 Å². The average molecular weight is 374 g/mol. The van der Waals surface area contributed by atoms with Gasteiger partial charge in [0.05, 0.1) is 0 Å². The first kappa shape index (κ1) is 13.6. The van der Waals surface area contributed by atoms with Gasteiger partial charge >= 0.3 is 0 Å². The summed E-state index contributed by atoms with van der Waals surface area (Å²) in [6, 6.07) is 13.5. The van der Waals surface area contributed by atoms with E-state index in [0.29, 0.717) is 11.6 Å². The number of hydrogen-bond donors (Lipinski definition) is 1. The Bertz CT molecular complexity index is 545. The van der Waals surface area contributed by atoms with E-state index >= 15 is 0 Å². The first-order chi connectivity index (χ1) is 8.69. The summed E-state index contributed by atoms with van der Waals surface area (Å²) in [6.07, 6.45) is 0.774. The van der Waals surface area contributed by atoms with Crippen LogP contribution < -0.4 is 10.5 Å². The fourth-order valence-corrected chi connectivity index (χ4v) is 2.32. The van der Waals surface area contributed by atoms with Crippen molar-refractivity contribution in [2.24, 2.45) is 5.73 Å². The highest BCUT2D eigenvalue weighted by atomic mass is 127. The summed E-state index contributed by atoms with van der Waals surface area (Å²) in [6.45, 7) is 0.588. The van der Waals surface area contributed by atoms with Gasteiger partial charge in [-0.05, 0) is 71.5 Å². The normalized spacial score (nSPS) is 10.4. The standard InChI is InChI=1S/C14H13ClINO/c15-11-5-4-10(6-7-17)14(8-11)18-13-3-1-2-12(16)9-13/h1-5,8-9H,6-7,17H2. The first-order valence-corrected chi connectivity index (χ1v) is 7.06. The Hall–Kier alpha value is -0.780. The van der Waals surface area contributed by atoms with Gasteiger partial charge in [-0.2, -0.15) is 0 Å². The molecule has 94 valence electrons. The van der Waals surface area contributed by atoms with E-state index in [2.05, 4.69) is 22.6 Å². The fourth-order valence-electron chi connectivity index (χ4n) is 1.64. The Morgan fingerprint density at radius 1 is 1.17 bits per heavy atom. The molecule has 2 nitrogen and oxygen atoms in total. The monoisotopic (exact) mass is 373 g/mol. The number of hydrogen-bond acceptors (Lipinski definition) is 2. The van der Waals surface area contributed by atoms with Crippen LogP contribution >= 0.6 is 34.2 Å². The van der Waals surface area contributed by atoms with E-state index in [1.54, 1.807) is 0 Å². The maximum absolute atomic E-state index is 6.00. The summed E-state index contributed by atoms with van der Waals surface area (Å²) < 4.78 is 7.01. The molecule has 0 unspecified atom stereocenters. The van der Waals surface area contributed by atoms with Crippen LogP contribution in [0.1, 0.15) is 5.56 Å². The molecule has 0 fully saturated rings. The zero-order valence-corrected chi connectivity index (χ0v) is 12.6. The summed E-state index contributed by atoms with van der Waals surface area (Å²) in [5, 5.41) is 0.663. The van der Waals surface area contributed by atoms with Crippen LogP contribution in [0.15, 0.2) is 42.5 Å². The summed E-state index contributed by atoms with van der Waals surface area (Å²) in [4.78, 5) is 0. The van der Waals surface area contributed by atoms with Crippen molar-refractivity contribution in [1.29, 1.82) is 0 Å². The Kier molecular flexibility index (Phi) is 4.86. The summed E-state index contributed by atoms with van der Waals surface area (Å²) >= 11 is 8.26. The molecule has 0 saturated heterocycles. The van der Waals surface area contributed by atoms with Crippen LogP contribution in [-0.2, 0) is 6.42 Å². The highest BCUT2D eigenvalue weighted by Crippen LogP contribution is 2.29. The molecule has 0 amide bonds. The highest BCUT2D eigenvalue weighted by Gasteiger charge is 2.06. The number of benzene rings is 2. The molecule has 0 heterocycles. The second-order valence-corrected chi connectivity index (χ2v) is 5.53. The topological polar surface area (TPSA) is 35.2 Å². The quantitative estimate of drug-likeness (QED) is 0.814. The molecule has 0 aliphatic rings. The van der Waals surface area contributed by atoms with E-state index in [4.69, 9.17) is 22.1 Å². The van der Waals surface area contributed by atoms with Crippen LogP contribution in [0.2, 0.25) is 5.02 Å². The molecule has 2 N–H and O–H groups in total. The van der Waals surface area contributed by atoms with Crippen molar-refractivity contribution >= 4 is 34.2 Å². The van der Waals surface area contributed by atoms with Crippen molar-refractivity contribution < 1.29 is 4.74 Å². The molecule has 0 bridgehead atoms. The van der Waals surface area contributed by atoms with Gasteiger partial charge in [-0.1, -0.05) is 23.7 Å². The van der Waals surface area contributed by atoms with Gasteiger partial charge in [0.2, 0.25) is 0 Å². The second kappa shape index (κ2) is 6.41. The van der Waals surface area contributed by atoms with Gasteiger partial charge in [0, 0.05) is 8.59 Å². The number of rotatable bonds is 4. The third kappa shape index (κ3) is 3.60. The zero-order valence-electron chi connectivity index (χ0n) is 9.70. The van der Waals surface area contributed by atoms with E-state index in [9.17, 15) is 0 Å². The summed E-state index contributed by atoms with van der Waals surface area (Å²) in [5.41, 5.74) is 6.67. The van der Waals surface area contributed by atoms with Crippen molar-refractivity contribution in [2.75, 3.05) is 6.54 Å². The van der Waals surface area contributed by atoms with Gasteiger partial charge in [-0.15, -0.1) is 0 Å². The molecule has 2 rings (SSSR count). The SMILES string of the molecule is NCCc1ccc(Cl)cc1Oc1cccc(I)c1. The number of halogens is 2. The Balaban J connectivity index is 2.29. The van der Waals surface area contributed by atoms with Gasteiger partial charge in [0.25, 0.3) is 0 Å². The molecule has 4 heteroatoms. The molecular formula is C14H13ClINO. The molecule has 2 aromatic rings. The Labute approximate surface area is 125 Å². The molecule has 2 aromatic carbocycles. The van der Waals surface area contributed by atoms with Crippen LogP contribution in [0.4, 0.5) is 0 Å². The molecule has 0 spiro atoms. The Morgan fingerprint density at radius 2 is 2.00 bits per heavy atom. The summed E-state index contributed by atoms with van der Waals surface area (Å²) in [5.74, 6) is 1.58. The smallest absolute Gasteiger partial charge is 0.132 e. The maximum atomic E-state index is 6.00. The van der Waals surface area contributed by atoms with Crippen LogP contribution in [0.3, 0.4) is 0 Å². The Morgan fingerprint density at radius 3 is 2.72 bits per heavy atom. The van der Waals surface area contributed by atoms with Gasteiger partial charge in [-0.25, -0.2) is 0 Å². The van der Waals surface area contributed by atoms with E-state index in [-0.39, 0.29) is 0 Å². The third-order valence-corrected chi connectivity index (χ3v) is 3.37. The number of ether oxygens (including phenoxy) is 1. The average Bonchev–Trinajstić information content (AvgIpc) is 2.33. The van der Waals surface area contributed by atoms with Crippen LogP contribution in [0, 0.1) is 3.57 Å². The lowest BCUT2D eigenvalue weighted by molar-refractivity contribution is 0.476. The largest absolute Gasteiger partial charge is 0.457 e. The predicted octanol–water partition coefficient (Wildman–Crippen LogP) is 4.24. The molecule has 0 radical (unpaired) electrons. The van der Waals surface area contributed by atoms with E-state index < -0.39 is 0 Å². The number of nitrogens with two attached hydrogens (primary N) is 1. The van der Waals surface area contributed by atoms with Gasteiger partial charge in [0.15, 0.2) is 0 Å². The fraction of sp³-hybridized carbons (Fsp3) is 0.143. The van der Waals surface area contributed by atoms with Crippen LogP contribution in [0.25, 0.3) is 0 Å². The van der Waals surface area contributed by atoms with Crippen molar-refractivity contribution in [3.05, 3.63) is 56.6 Å². The second-order valence-electron chi connectivity index (χ2n) is 3.85. The third-order valence-electron chi connectivity index (χ3n) is 2.47. The zero-order chi connectivity index (χ0) is 13.0. The van der Waals surface area contributed by atoms with E-state index in [1.807, 2.05) is 42.5 Å². The lowest BCUT2D eigenvalue weighted by atomic mass is 10.1. The minimum Gasteiger partial charge on any atom is -0.457 e. The molecule has 0 aliphatic heterocycles. The first-order valence-electron chi connectivity index (χ1n) is 5.61. The molecule has 0 aromatic heterocycles. The highest BCUT2D eigenvalue weighted by molar-refractivity contribution is 14.1. The maximum Gasteiger partial charge on any atom is 0.132 e. The van der Waals surface area contributed by atoms with Gasteiger partial charge < -0.3 is 10.5 Å². The predicted molar refractivity (Wildman–Crippen MR) is 83.4 cm³/mol. The lowest BCUT2D eigenvalue weighted by Crippen LogP contribution is -2.04.